The van der Waals surface area contributed by atoms with E-state index in [2.05, 4.69) is 24.5 Å². The van der Waals surface area contributed by atoms with Gasteiger partial charge in [-0.1, -0.05) is 20.3 Å². The van der Waals surface area contributed by atoms with Crippen molar-refractivity contribution >= 4 is 17.7 Å². The largest absolute Gasteiger partial charge is 0.355 e. The summed E-state index contributed by atoms with van der Waals surface area (Å²) in [4.78, 5) is 12.0. The van der Waals surface area contributed by atoms with Crippen molar-refractivity contribution in [3.63, 3.8) is 0 Å². The number of nitrogens with one attached hydrogen (secondary N) is 2. The average Bonchev–Trinajstić information content (AvgIpc) is 2.33. The Morgan fingerprint density at radius 3 is 2.79 bits per heavy atom. The van der Waals surface area contributed by atoms with Gasteiger partial charge in [-0.3, -0.25) is 4.79 Å². The van der Waals surface area contributed by atoms with E-state index in [9.17, 15) is 4.79 Å². The van der Waals surface area contributed by atoms with Crippen molar-refractivity contribution in [3.8, 4) is 0 Å². The highest BCUT2D eigenvalue weighted by molar-refractivity contribution is 7.99. The molecule has 110 valence electrons. The predicted octanol–water partition coefficient (Wildman–Crippen LogP) is 2.41. The summed E-state index contributed by atoms with van der Waals surface area (Å²) in [6.07, 6.45) is 5.82. The lowest BCUT2D eigenvalue weighted by molar-refractivity contribution is -0.122. The van der Waals surface area contributed by atoms with E-state index in [1.807, 2.05) is 11.8 Å². The molecule has 2 aliphatic rings. The molecule has 2 rings (SSSR count). The van der Waals surface area contributed by atoms with Crippen molar-refractivity contribution in [3.05, 3.63) is 0 Å². The smallest absolute Gasteiger partial charge is 0.221 e. The van der Waals surface area contributed by atoms with Crippen LogP contribution in [0.1, 0.15) is 46.0 Å². The van der Waals surface area contributed by atoms with Crippen LogP contribution in [-0.2, 0) is 4.79 Å². The molecule has 4 heteroatoms. The summed E-state index contributed by atoms with van der Waals surface area (Å²) in [7, 11) is 0. The van der Waals surface area contributed by atoms with Gasteiger partial charge in [-0.2, -0.15) is 11.8 Å². The Morgan fingerprint density at radius 2 is 2.26 bits per heavy atom. The van der Waals surface area contributed by atoms with Crippen molar-refractivity contribution in [2.75, 3.05) is 24.6 Å². The first-order valence-electron chi connectivity index (χ1n) is 7.67. The molecule has 0 spiro atoms. The van der Waals surface area contributed by atoms with E-state index >= 15 is 0 Å². The number of amides is 1. The Morgan fingerprint density at radius 1 is 1.47 bits per heavy atom. The van der Waals surface area contributed by atoms with Gasteiger partial charge in [0.15, 0.2) is 0 Å². The van der Waals surface area contributed by atoms with Gasteiger partial charge in [0.25, 0.3) is 0 Å². The van der Waals surface area contributed by atoms with Crippen molar-refractivity contribution < 1.29 is 4.79 Å². The quantitative estimate of drug-likeness (QED) is 0.787. The predicted molar refractivity (Wildman–Crippen MR) is 82.5 cm³/mol. The summed E-state index contributed by atoms with van der Waals surface area (Å²) in [5.41, 5.74) is 0.415. The first kappa shape index (κ1) is 15.2. The summed E-state index contributed by atoms with van der Waals surface area (Å²) in [5.74, 6) is 3.21. The van der Waals surface area contributed by atoms with E-state index in [4.69, 9.17) is 0 Å². The molecule has 1 amide bonds. The zero-order chi connectivity index (χ0) is 13.7. The van der Waals surface area contributed by atoms with Gasteiger partial charge in [-0.25, -0.2) is 0 Å². The average molecular weight is 284 g/mol. The van der Waals surface area contributed by atoms with Gasteiger partial charge in [-0.05, 0) is 30.6 Å². The van der Waals surface area contributed by atoms with Crippen molar-refractivity contribution in [1.29, 1.82) is 0 Å². The number of hydrogen-bond donors (Lipinski definition) is 2. The number of thioether (sulfide) groups is 1. The van der Waals surface area contributed by atoms with Crippen LogP contribution >= 0.6 is 11.8 Å². The third-order valence-corrected chi connectivity index (χ3v) is 5.48. The Bertz CT molecular complexity index is 297. The summed E-state index contributed by atoms with van der Waals surface area (Å²) < 4.78 is 0. The van der Waals surface area contributed by atoms with Gasteiger partial charge in [-0.15, -0.1) is 0 Å². The first-order valence-corrected chi connectivity index (χ1v) is 8.83. The van der Waals surface area contributed by atoms with Gasteiger partial charge in [0.2, 0.25) is 5.91 Å². The van der Waals surface area contributed by atoms with E-state index in [1.54, 1.807) is 0 Å². The molecule has 0 bridgehead atoms. The highest BCUT2D eigenvalue weighted by Gasteiger charge is 2.37. The zero-order valence-electron chi connectivity index (χ0n) is 12.3. The van der Waals surface area contributed by atoms with Crippen molar-refractivity contribution in [2.24, 2.45) is 11.3 Å². The Hall–Kier alpha value is -0.220. The van der Waals surface area contributed by atoms with Crippen LogP contribution in [0.25, 0.3) is 0 Å². The first-order chi connectivity index (χ1) is 9.10. The Labute approximate surface area is 121 Å². The van der Waals surface area contributed by atoms with E-state index in [0.717, 1.165) is 24.8 Å². The molecule has 1 aliphatic carbocycles. The van der Waals surface area contributed by atoms with Crippen LogP contribution in [-0.4, -0.2) is 36.5 Å². The summed E-state index contributed by atoms with van der Waals surface area (Å²) in [6.45, 7) is 6.50. The molecule has 1 heterocycles. The monoisotopic (exact) mass is 284 g/mol. The SMILES string of the molecule is CC(C)CC1(CNC(=O)CC2CSCCN2)CCC1. The van der Waals surface area contributed by atoms with Crippen LogP contribution in [0.2, 0.25) is 0 Å². The molecule has 1 saturated carbocycles. The molecule has 0 aromatic carbocycles. The van der Waals surface area contributed by atoms with Crippen LogP contribution in [0.3, 0.4) is 0 Å². The molecule has 1 atom stereocenters. The standard InChI is InChI=1S/C15H28N2OS/c1-12(2)9-15(4-3-5-15)11-17-14(18)8-13-10-19-7-6-16-13/h12-13,16H,3-11H2,1-2H3,(H,17,18). The van der Waals surface area contributed by atoms with Gasteiger partial charge in [0.1, 0.15) is 0 Å². The molecule has 0 aromatic heterocycles. The molecule has 0 radical (unpaired) electrons. The van der Waals surface area contributed by atoms with E-state index < -0.39 is 0 Å². The molecular formula is C15H28N2OS. The highest BCUT2D eigenvalue weighted by atomic mass is 32.2. The lowest BCUT2D eigenvalue weighted by Gasteiger charge is -2.43. The number of carbonyl (C=O) groups excluding carboxylic acids is 1. The minimum atomic E-state index is 0.232. The Kier molecular flexibility index (Phi) is 5.58. The minimum absolute atomic E-state index is 0.232. The van der Waals surface area contributed by atoms with E-state index in [-0.39, 0.29) is 5.91 Å². The third kappa shape index (κ3) is 4.67. The Balaban J connectivity index is 1.70. The maximum absolute atomic E-state index is 12.0. The molecule has 1 aliphatic heterocycles. The third-order valence-electron chi connectivity index (χ3n) is 4.35. The lowest BCUT2D eigenvalue weighted by Crippen LogP contribution is -2.46. The maximum atomic E-state index is 12.0. The van der Waals surface area contributed by atoms with Gasteiger partial charge in [0, 0.05) is 37.1 Å². The second-order valence-corrected chi connectivity index (χ2v) is 7.81. The van der Waals surface area contributed by atoms with E-state index in [1.165, 1.54) is 31.4 Å². The second-order valence-electron chi connectivity index (χ2n) is 6.66. The van der Waals surface area contributed by atoms with Crippen LogP contribution in [0, 0.1) is 11.3 Å². The fourth-order valence-electron chi connectivity index (χ4n) is 3.33. The summed E-state index contributed by atoms with van der Waals surface area (Å²) in [6, 6.07) is 0.376. The minimum Gasteiger partial charge on any atom is -0.355 e. The molecule has 1 unspecified atom stereocenters. The van der Waals surface area contributed by atoms with Crippen LogP contribution in [0.4, 0.5) is 0 Å². The maximum Gasteiger partial charge on any atom is 0.221 e. The van der Waals surface area contributed by atoms with Crippen molar-refractivity contribution in [1.82, 2.24) is 10.6 Å². The lowest BCUT2D eigenvalue weighted by atomic mass is 9.64. The summed E-state index contributed by atoms with van der Waals surface area (Å²) >= 11 is 1.95. The van der Waals surface area contributed by atoms with Gasteiger partial charge in [0.05, 0.1) is 0 Å². The topological polar surface area (TPSA) is 41.1 Å². The molecule has 1 saturated heterocycles. The second kappa shape index (κ2) is 6.98. The van der Waals surface area contributed by atoms with Crippen molar-refractivity contribution in [2.45, 2.75) is 52.0 Å². The molecule has 3 nitrogen and oxygen atoms in total. The fourth-order valence-corrected chi connectivity index (χ4v) is 4.28. The zero-order valence-corrected chi connectivity index (χ0v) is 13.2. The number of hydrogen-bond acceptors (Lipinski definition) is 3. The number of carbonyl (C=O) groups is 1. The molecule has 0 aromatic rings. The number of rotatable bonds is 6. The molecular weight excluding hydrogens is 256 g/mol. The van der Waals surface area contributed by atoms with Gasteiger partial charge < -0.3 is 10.6 Å². The molecule has 2 fully saturated rings. The van der Waals surface area contributed by atoms with E-state index in [0.29, 0.717) is 17.9 Å². The highest BCUT2D eigenvalue weighted by Crippen LogP contribution is 2.45. The normalized spacial score (nSPS) is 25.9. The molecule has 2 N–H and O–H groups in total. The fraction of sp³-hybridized carbons (Fsp3) is 0.933. The summed E-state index contributed by atoms with van der Waals surface area (Å²) in [5, 5.41) is 6.62. The van der Waals surface area contributed by atoms with Crippen LogP contribution < -0.4 is 10.6 Å². The van der Waals surface area contributed by atoms with Crippen LogP contribution in [0.5, 0.6) is 0 Å². The van der Waals surface area contributed by atoms with Gasteiger partial charge >= 0.3 is 0 Å². The van der Waals surface area contributed by atoms with Crippen LogP contribution in [0.15, 0.2) is 0 Å². The molecule has 19 heavy (non-hydrogen) atoms.